The van der Waals surface area contributed by atoms with E-state index in [9.17, 15) is 14.7 Å². The molecule has 3 N–H and O–H groups in total. The third-order valence-electron chi connectivity index (χ3n) is 7.21. The van der Waals surface area contributed by atoms with E-state index >= 15 is 0 Å². The maximum absolute atomic E-state index is 13.5. The van der Waals surface area contributed by atoms with Crippen molar-refractivity contribution in [1.82, 2.24) is 5.32 Å². The molecule has 218 valence electrons. The van der Waals surface area contributed by atoms with Gasteiger partial charge in [-0.15, -0.1) is 0 Å². The van der Waals surface area contributed by atoms with E-state index in [4.69, 9.17) is 9.47 Å². The number of rotatable bonds is 7. The number of amides is 2. The first-order valence-corrected chi connectivity index (χ1v) is 14.2. The van der Waals surface area contributed by atoms with Gasteiger partial charge < -0.3 is 25.2 Å². The van der Waals surface area contributed by atoms with Crippen LogP contribution in [0.15, 0.2) is 54.6 Å². The minimum Gasteiger partial charge on any atom is -0.507 e. The fraction of sp³-hybridized carbons (Fsp3) is 0.412. The molecule has 1 atom stereocenters. The Morgan fingerprint density at radius 2 is 1.44 bits per heavy atom. The summed E-state index contributed by atoms with van der Waals surface area (Å²) < 4.78 is 11.2. The van der Waals surface area contributed by atoms with Crippen LogP contribution in [0.1, 0.15) is 81.8 Å². The minimum absolute atomic E-state index is 0.192. The van der Waals surface area contributed by atoms with E-state index in [2.05, 4.69) is 52.2 Å². The number of phenols is 1. The average Bonchev–Trinajstić information content (AvgIpc) is 2.90. The summed E-state index contributed by atoms with van der Waals surface area (Å²) in [6.45, 7) is 15.3. The quantitative estimate of drug-likeness (QED) is 0.308. The van der Waals surface area contributed by atoms with Crippen LogP contribution >= 0.6 is 0 Å². The lowest BCUT2D eigenvalue weighted by Gasteiger charge is -2.28. The van der Waals surface area contributed by atoms with E-state index < -0.39 is 6.04 Å². The van der Waals surface area contributed by atoms with Gasteiger partial charge >= 0.3 is 0 Å². The van der Waals surface area contributed by atoms with Gasteiger partial charge in [0.25, 0.3) is 5.91 Å². The Kier molecular flexibility index (Phi) is 8.66. The lowest BCUT2D eigenvalue weighted by atomic mass is 9.78. The second-order valence-electron chi connectivity index (χ2n) is 12.8. The number of nitrogens with one attached hydrogen (secondary N) is 2. The summed E-state index contributed by atoms with van der Waals surface area (Å²) in [7, 11) is 0. The summed E-state index contributed by atoms with van der Waals surface area (Å²) in [6.07, 6.45) is 0.667. The number of fused-ring (bicyclic) bond motifs is 1. The molecular formula is C34H42N2O5. The van der Waals surface area contributed by atoms with E-state index in [1.165, 1.54) is 0 Å². The van der Waals surface area contributed by atoms with Gasteiger partial charge in [0.05, 0.1) is 0 Å². The number of hydrogen-bond donors (Lipinski definition) is 3. The van der Waals surface area contributed by atoms with Crippen molar-refractivity contribution in [1.29, 1.82) is 0 Å². The van der Waals surface area contributed by atoms with Crippen LogP contribution < -0.4 is 20.1 Å². The molecule has 41 heavy (non-hydrogen) atoms. The Balaban J connectivity index is 1.53. The largest absolute Gasteiger partial charge is 0.507 e. The summed E-state index contributed by atoms with van der Waals surface area (Å²) in [4.78, 5) is 26.8. The molecule has 1 aliphatic rings. The van der Waals surface area contributed by atoms with Crippen LogP contribution in [0.5, 0.6) is 17.2 Å². The molecule has 1 aliphatic heterocycles. The molecule has 1 heterocycles. The highest BCUT2D eigenvalue weighted by Crippen LogP contribution is 2.40. The smallest absolute Gasteiger partial charge is 0.251 e. The first kappa shape index (κ1) is 30.0. The number of hydrogen-bond acceptors (Lipinski definition) is 5. The van der Waals surface area contributed by atoms with Crippen LogP contribution in [0, 0.1) is 6.92 Å². The van der Waals surface area contributed by atoms with Crippen molar-refractivity contribution in [2.75, 3.05) is 18.5 Å². The molecule has 0 radical (unpaired) electrons. The van der Waals surface area contributed by atoms with Crippen molar-refractivity contribution in [2.24, 2.45) is 0 Å². The number of phenolic OH excluding ortho intramolecular Hbond substituents is 1. The van der Waals surface area contributed by atoms with Crippen LogP contribution in [0.25, 0.3) is 0 Å². The minimum atomic E-state index is -0.883. The van der Waals surface area contributed by atoms with Crippen molar-refractivity contribution in [3.05, 3.63) is 82.4 Å². The number of aromatic hydroxyl groups is 1. The first-order chi connectivity index (χ1) is 19.2. The monoisotopic (exact) mass is 558 g/mol. The summed E-state index contributed by atoms with van der Waals surface area (Å²) in [5, 5.41) is 16.9. The Hall–Kier alpha value is -4.00. The third kappa shape index (κ3) is 7.40. The van der Waals surface area contributed by atoms with E-state index in [0.717, 1.165) is 22.3 Å². The van der Waals surface area contributed by atoms with Gasteiger partial charge in [-0.2, -0.15) is 0 Å². The molecule has 0 saturated carbocycles. The summed E-state index contributed by atoms with van der Waals surface area (Å²) in [6, 6.07) is 15.9. The highest BCUT2D eigenvalue weighted by atomic mass is 16.6. The molecule has 0 aromatic heterocycles. The maximum atomic E-state index is 13.5. The molecule has 4 rings (SSSR count). The van der Waals surface area contributed by atoms with Crippen molar-refractivity contribution in [3.8, 4) is 17.2 Å². The van der Waals surface area contributed by atoms with Crippen molar-refractivity contribution in [2.45, 2.75) is 78.2 Å². The highest BCUT2D eigenvalue weighted by molar-refractivity contribution is 5.98. The van der Waals surface area contributed by atoms with Crippen LogP contribution in [-0.2, 0) is 26.8 Å². The topological polar surface area (TPSA) is 96.9 Å². The van der Waals surface area contributed by atoms with Gasteiger partial charge in [0.15, 0.2) is 11.5 Å². The number of ether oxygens (including phenoxy) is 2. The molecule has 0 spiro atoms. The second kappa shape index (κ2) is 11.9. The van der Waals surface area contributed by atoms with Gasteiger partial charge in [0.2, 0.25) is 5.91 Å². The van der Waals surface area contributed by atoms with Gasteiger partial charge in [-0.1, -0.05) is 83.5 Å². The zero-order chi connectivity index (χ0) is 29.9. The van der Waals surface area contributed by atoms with E-state index in [1.54, 1.807) is 18.2 Å². The molecule has 0 fully saturated rings. The zero-order valence-electron chi connectivity index (χ0n) is 25.2. The van der Waals surface area contributed by atoms with Crippen LogP contribution in [0.4, 0.5) is 5.69 Å². The molecule has 7 nitrogen and oxygen atoms in total. The SMILES string of the molecule is Cc1ccc([C@H](NC(=O)CCc2cc(C(C)(C)C)c(O)c(C(C)(C)C)c2)C(=O)Nc2ccc3c(c2)OCCO3)cc1. The predicted octanol–water partition coefficient (Wildman–Crippen LogP) is 6.50. The van der Waals surface area contributed by atoms with E-state index in [0.29, 0.717) is 48.1 Å². The lowest BCUT2D eigenvalue weighted by Crippen LogP contribution is -2.37. The van der Waals surface area contributed by atoms with Crippen molar-refractivity contribution in [3.63, 3.8) is 0 Å². The van der Waals surface area contributed by atoms with Crippen LogP contribution in [0.2, 0.25) is 0 Å². The number of carbonyl (C=O) groups is 2. The average molecular weight is 559 g/mol. The fourth-order valence-corrected chi connectivity index (χ4v) is 4.87. The molecule has 0 aliphatic carbocycles. The third-order valence-corrected chi connectivity index (χ3v) is 7.21. The van der Waals surface area contributed by atoms with Crippen molar-refractivity contribution >= 4 is 17.5 Å². The molecule has 0 bridgehead atoms. The fourth-order valence-electron chi connectivity index (χ4n) is 4.87. The zero-order valence-corrected chi connectivity index (χ0v) is 25.2. The Morgan fingerprint density at radius 1 is 0.854 bits per heavy atom. The summed E-state index contributed by atoms with van der Waals surface area (Å²) >= 11 is 0. The highest BCUT2D eigenvalue weighted by Gasteiger charge is 2.27. The molecule has 3 aromatic rings. The van der Waals surface area contributed by atoms with E-state index in [1.807, 2.05) is 43.3 Å². The normalized spacial score (nSPS) is 13.8. The molecule has 2 amide bonds. The van der Waals surface area contributed by atoms with Gasteiger partial charge in [0.1, 0.15) is 25.0 Å². The van der Waals surface area contributed by atoms with Crippen LogP contribution in [-0.4, -0.2) is 30.1 Å². The van der Waals surface area contributed by atoms with Gasteiger partial charge in [-0.05, 0) is 58.6 Å². The standard InChI is InChI=1S/C34H42N2O5/c1-21-8-11-23(12-9-21)30(32(39)35-24-13-14-27-28(20-24)41-17-16-40-27)36-29(37)15-10-22-18-25(33(2,3)4)31(38)26(19-22)34(5,6)7/h8-9,11-14,18-20,30,38H,10,15-17H2,1-7H3,(H,35,39)(H,36,37)/t30-/m0/s1. The Morgan fingerprint density at radius 3 is 2.02 bits per heavy atom. The lowest BCUT2D eigenvalue weighted by molar-refractivity contribution is -0.126. The summed E-state index contributed by atoms with van der Waals surface area (Å²) in [5.41, 5.74) is 4.47. The number of carbonyl (C=O) groups excluding carboxylic acids is 2. The predicted molar refractivity (Wildman–Crippen MR) is 162 cm³/mol. The molecule has 0 unspecified atom stereocenters. The Bertz CT molecular complexity index is 1380. The Labute approximate surface area is 243 Å². The molecule has 3 aromatic carbocycles. The number of aryl methyl sites for hydroxylation is 2. The van der Waals surface area contributed by atoms with Gasteiger partial charge in [-0.25, -0.2) is 0 Å². The number of anilines is 1. The molecular weight excluding hydrogens is 516 g/mol. The van der Waals surface area contributed by atoms with E-state index in [-0.39, 0.29) is 29.1 Å². The van der Waals surface area contributed by atoms with Gasteiger partial charge in [-0.3, -0.25) is 9.59 Å². The number of benzene rings is 3. The first-order valence-electron chi connectivity index (χ1n) is 14.2. The maximum Gasteiger partial charge on any atom is 0.251 e. The summed E-state index contributed by atoms with van der Waals surface area (Å²) in [5.74, 6) is 0.928. The molecule has 7 heteroatoms. The second-order valence-corrected chi connectivity index (χ2v) is 12.8. The van der Waals surface area contributed by atoms with Crippen LogP contribution in [0.3, 0.4) is 0 Å². The van der Waals surface area contributed by atoms with Crippen molar-refractivity contribution < 1.29 is 24.2 Å². The van der Waals surface area contributed by atoms with Gasteiger partial charge in [0, 0.05) is 18.2 Å². The molecule has 0 saturated heterocycles.